The number of carbonyl (C=O) groups is 2. The number of hydrogen-bond acceptors (Lipinski definition) is 5. The molecule has 4 rings (SSSR count). The molecule has 7 heteroatoms. The zero-order chi connectivity index (χ0) is 24.4. The minimum absolute atomic E-state index is 0.0237. The molecule has 1 aliphatic rings. The van der Waals surface area contributed by atoms with Gasteiger partial charge in [-0.3, -0.25) is 9.59 Å². The van der Waals surface area contributed by atoms with E-state index in [1.54, 1.807) is 30.3 Å². The summed E-state index contributed by atoms with van der Waals surface area (Å²) in [6.07, 6.45) is 1.51. The molecule has 6 nitrogen and oxygen atoms in total. The number of likely N-dealkylation sites (tertiary alicyclic amines) is 1. The third-order valence-corrected chi connectivity index (χ3v) is 6.20. The van der Waals surface area contributed by atoms with Gasteiger partial charge in [0, 0.05) is 5.56 Å². The lowest BCUT2D eigenvalue weighted by atomic mass is 9.93. The molecule has 0 spiro atoms. The molecular formula is C27H26ClNO5. The van der Waals surface area contributed by atoms with Crippen LogP contribution in [0.15, 0.2) is 70.9 Å². The molecule has 1 aliphatic heterocycles. The van der Waals surface area contributed by atoms with Crippen LogP contribution in [0.5, 0.6) is 5.75 Å². The Labute approximate surface area is 203 Å². The minimum atomic E-state index is -0.807. The number of carbonyl (C=O) groups excluding carboxylic acids is 2. The Bertz CT molecular complexity index is 1230. The van der Waals surface area contributed by atoms with Gasteiger partial charge < -0.3 is 19.2 Å². The normalized spacial score (nSPS) is 17.6. The summed E-state index contributed by atoms with van der Waals surface area (Å²) in [7, 11) is 0. The lowest BCUT2D eigenvalue weighted by molar-refractivity contribution is -0.140. The first-order valence-electron chi connectivity index (χ1n) is 11.1. The van der Waals surface area contributed by atoms with Crippen LogP contribution in [0.3, 0.4) is 0 Å². The lowest BCUT2D eigenvalue weighted by Crippen LogP contribution is -2.29. The smallest absolute Gasteiger partial charge is 0.296 e. The number of ketones is 1. The van der Waals surface area contributed by atoms with Crippen LogP contribution in [0.2, 0.25) is 5.02 Å². The third-order valence-electron chi connectivity index (χ3n) is 5.87. The van der Waals surface area contributed by atoms with E-state index in [-0.39, 0.29) is 28.5 Å². The van der Waals surface area contributed by atoms with E-state index in [1.807, 2.05) is 31.2 Å². The predicted octanol–water partition coefficient (Wildman–Crippen LogP) is 6.08. The van der Waals surface area contributed by atoms with Gasteiger partial charge >= 0.3 is 0 Å². The highest BCUT2D eigenvalue weighted by molar-refractivity contribution is 6.47. The zero-order valence-electron chi connectivity index (χ0n) is 19.2. The molecule has 0 aliphatic carbocycles. The Hall–Kier alpha value is -3.51. The van der Waals surface area contributed by atoms with E-state index >= 15 is 0 Å². The van der Waals surface area contributed by atoms with Gasteiger partial charge in [0.2, 0.25) is 0 Å². The molecule has 0 radical (unpaired) electrons. The molecule has 176 valence electrons. The number of nitrogens with zero attached hydrogens (tertiary/aromatic N) is 1. The number of hydrogen-bond donors (Lipinski definition) is 1. The van der Waals surface area contributed by atoms with Crippen LogP contribution in [0.25, 0.3) is 5.76 Å². The molecular weight excluding hydrogens is 454 g/mol. The number of benzene rings is 2. The number of amides is 1. The molecule has 2 aromatic carbocycles. The van der Waals surface area contributed by atoms with Crippen molar-refractivity contribution in [3.63, 3.8) is 0 Å². The van der Waals surface area contributed by atoms with Crippen molar-refractivity contribution in [1.82, 2.24) is 4.90 Å². The predicted molar refractivity (Wildman–Crippen MR) is 130 cm³/mol. The maximum absolute atomic E-state index is 13.2. The van der Waals surface area contributed by atoms with E-state index in [2.05, 4.69) is 13.8 Å². The zero-order valence-corrected chi connectivity index (χ0v) is 20.0. The number of aliphatic hydroxyl groups is 1. The number of halogens is 1. The third kappa shape index (κ3) is 4.46. The van der Waals surface area contributed by atoms with Gasteiger partial charge in [-0.05, 0) is 54.3 Å². The van der Waals surface area contributed by atoms with Crippen molar-refractivity contribution < 1.29 is 23.8 Å². The molecule has 1 atom stereocenters. The Kier molecular flexibility index (Phi) is 6.80. The van der Waals surface area contributed by atoms with Crippen molar-refractivity contribution >= 4 is 29.1 Å². The highest BCUT2D eigenvalue weighted by Gasteiger charge is 2.46. The molecule has 34 heavy (non-hydrogen) atoms. The summed E-state index contributed by atoms with van der Waals surface area (Å²) >= 11 is 6.38. The average Bonchev–Trinajstić information content (AvgIpc) is 3.42. The van der Waals surface area contributed by atoms with Crippen LogP contribution in [0, 0.1) is 0 Å². The number of Topliss-reactive ketones (excluding diaryl/α,β-unsaturated/α-hetero) is 1. The van der Waals surface area contributed by atoms with E-state index in [9.17, 15) is 14.7 Å². The lowest BCUT2D eigenvalue weighted by Gasteiger charge is -2.25. The first-order chi connectivity index (χ1) is 16.3. The second-order valence-electron chi connectivity index (χ2n) is 8.40. The van der Waals surface area contributed by atoms with Crippen LogP contribution in [0.1, 0.15) is 55.2 Å². The molecule has 0 bridgehead atoms. The number of rotatable bonds is 7. The van der Waals surface area contributed by atoms with Crippen molar-refractivity contribution in [2.75, 3.05) is 6.61 Å². The monoisotopic (exact) mass is 479 g/mol. The molecule has 2 heterocycles. The number of ether oxygens (including phenoxy) is 1. The van der Waals surface area contributed by atoms with Gasteiger partial charge in [0.15, 0.2) is 0 Å². The highest BCUT2D eigenvalue weighted by Crippen LogP contribution is 2.42. The van der Waals surface area contributed by atoms with Crippen molar-refractivity contribution in [2.24, 2.45) is 0 Å². The van der Waals surface area contributed by atoms with Gasteiger partial charge in [-0.25, -0.2) is 0 Å². The molecule has 1 amide bonds. The SMILES string of the molecule is CCOc1ccc(Cl)c(/C(O)=C2\C(=O)C(=O)N(Cc3ccco3)C2c2ccc(C(C)C)cc2)c1. The first-order valence-corrected chi connectivity index (χ1v) is 11.5. The summed E-state index contributed by atoms with van der Waals surface area (Å²) in [5.41, 5.74) is 2.03. The molecule has 3 aromatic rings. The van der Waals surface area contributed by atoms with E-state index in [0.29, 0.717) is 29.6 Å². The summed E-state index contributed by atoms with van der Waals surface area (Å²) in [5.74, 6) is -0.487. The summed E-state index contributed by atoms with van der Waals surface area (Å²) in [6.45, 7) is 6.53. The minimum Gasteiger partial charge on any atom is -0.507 e. The van der Waals surface area contributed by atoms with Gasteiger partial charge in [-0.2, -0.15) is 0 Å². The Morgan fingerprint density at radius 3 is 2.50 bits per heavy atom. The molecule has 1 aromatic heterocycles. The molecule has 1 saturated heterocycles. The van der Waals surface area contributed by atoms with E-state index < -0.39 is 17.7 Å². The second-order valence-corrected chi connectivity index (χ2v) is 8.81. The van der Waals surface area contributed by atoms with E-state index in [4.69, 9.17) is 20.8 Å². The number of aliphatic hydroxyl groups excluding tert-OH is 1. The van der Waals surface area contributed by atoms with Gasteiger partial charge in [-0.1, -0.05) is 49.7 Å². The molecule has 1 unspecified atom stereocenters. The Balaban J connectivity index is 1.87. The standard InChI is InChI=1S/C27H26ClNO5/c1-4-33-19-11-12-22(28)21(14-19)25(30)23-24(18-9-7-17(8-10-18)16(2)3)29(27(32)26(23)31)15-20-6-5-13-34-20/h5-14,16,24,30H,4,15H2,1-3H3/b25-23+. The summed E-state index contributed by atoms with van der Waals surface area (Å²) < 4.78 is 11.0. The largest absolute Gasteiger partial charge is 0.507 e. The number of furan rings is 1. The summed E-state index contributed by atoms with van der Waals surface area (Å²) in [5, 5.41) is 11.6. The van der Waals surface area contributed by atoms with Crippen molar-refractivity contribution in [3.05, 3.63) is 93.9 Å². The fourth-order valence-electron chi connectivity index (χ4n) is 4.11. The van der Waals surface area contributed by atoms with E-state index in [0.717, 1.165) is 5.56 Å². The van der Waals surface area contributed by atoms with Gasteiger partial charge in [0.1, 0.15) is 17.3 Å². The van der Waals surface area contributed by atoms with Crippen LogP contribution in [0.4, 0.5) is 0 Å². The van der Waals surface area contributed by atoms with Gasteiger partial charge in [0.25, 0.3) is 11.7 Å². The van der Waals surface area contributed by atoms with Crippen LogP contribution < -0.4 is 4.74 Å². The fourth-order valence-corrected chi connectivity index (χ4v) is 4.32. The van der Waals surface area contributed by atoms with Gasteiger partial charge in [0.05, 0.1) is 36.1 Å². The van der Waals surface area contributed by atoms with Crippen molar-refractivity contribution in [2.45, 2.75) is 39.3 Å². The summed E-state index contributed by atoms with van der Waals surface area (Å²) in [6, 6.07) is 15.2. The molecule has 1 N–H and O–H groups in total. The molecule has 1 fully saturated rings. The van der Waals surface area contributed by atoms with Crippen molar-refractivity contribution in [3.8, 4) is 5.75 Å². The maximum atomic E-state index is 13.2. The maximum Gasteiger partial charge on any atom is 0.296 e. The quantitative estimate of drug-likeness (QED) is 0.252. The molecule has 0 saturated carbocycles. The Morgan fingerprint density at radius 2 is 1.88 bits per heavy atom. The first kappa shape index (κ1) is 23.6. The van der Waals surface area contributed by atoms with Crippen LogP contribution in [-0.4, -0.2) is 28.3 Å². The van der Waals surface area contributed by atoms with Crippen LogP contribution in [-0.2, 0) is 16.1 Å². The highest BCUT2D eigenvalue weighted by atomic mass is 35.5. The fraction of sp³-hybridized carbons (Fsp3) is 0.259. The topological polar surface area (TPSA) is 80.0 Å². The van der Waals surface area contributed by atoms with E-state index in [1.165, 1.54) is 11.2 Å². The van der Waals surface area contributed by atoms with Crippen molar-refractivity contribution in [1.29, 1.82) is 0 Å². The average molecular weight is 480 g/mol. The second kappa shape index (κ2) is 9.77. The summed E-state index contributed by atoms with van der Waals surface area (Å²) in [4.78, 5) is 27.8. The van der Waals surface area contributed by atoms with Crippen LogP contribution >= 0.6 is 11.6 Å². The Morgan fingerprint density at radius 1 is 1.15 bits per heavy atom. The van der Waals surface area contributed by atoms with Gasteiger partial charge in [-0.15, -0.1) is 0 Å².